The molecule has 2 aromatic rings. The molecule has 0 spiro atoms. The molecule has 0 amide bonds. The van der Waals surface area contributed by atoms with Crippen molar-refractivity contribution in [2.75, 3.05) is 5.32 Å². The van der Waals surface area contributed by atoms with Crippen LogP contribution in [-0.4, -0.2) is 16.6 Å². The molecule has 3 nitrogen and oxygen atoms in total. The van der Waals surface area contributed by atoms with Gasteiger partial charge >= 0.3 is 5.97 Å². The van der Waals surface area contributed by atoms with Gasteiger partial charge in [-0.05, 0) is 37.5 Å². The Kier molecular flexibility index (Phi) is 3.24. The highest BCUT2D eigenvalue weighted by Crippen LogP contribution is 2.48. The molecular weight excluding hydrogens is 274 g/mol. The van der Waals surface area contributed by atoms with Crippen molar-refractivity contribution in [2.45, 2.75) is 38.1 Å². The number of benzene rings is 2. The van der Waals surface area contributed by atoms with Gasteiger partial charge in [0.2, 0.25) is 0 Å². The summed E-state index contributed by atoms with van der Waals surface area (Å²) in [7, 11) is 0. The first-order chi connectivity index (χ1) is 10.3. The number of para-hydroxylation sites is 1. The Morgan fingerprint density at radius 2 is 1.73 bits per heavy atom. The van der Waals surface area contributed by atoms with Crippen LogP contribution in [0, 0.1) is 0 Å². The van der Waals surface area contributed by atoms with E-state index >= 15 is 0 Å². The van der Waals surface area contributed by atoms with Crippen LogP contribution in [0.1, 0.15) is 48.7 Å². The number of rotatable bonds is 2. The van der Waals surface area contributed by atoms with Crippen LogP contribution in [0.5, 0.6) is 0 Å². The van der Waals surface area contributed by atoms with E-state index in [4.69, 9.17) is 0 Å². The largest absolute Gasteiger partial charge is 0.478 e. The summed E-state index contributed by atoms with van der Waals surface area (Å²) in [6.07, 6.45) is 0.903. The molecule has 1 atom stereocenters. The zero-order valence-electron chi connectivity index (χ0n) is 13.2. The molecule has 2 N–H and O–H groups in total. The minimum absolute atomic E-state index is 0.177. The van der Waals surface area contributed by atoms with Crippen LogP contribution >= 0.6 is 0 Å². The van der Waals surface area contributed by atoms with Gasteiger partial charge in [0.25, 0.3) is 0 Å². The molecule has 1 unspecified atom stereocenters. The quantitative estimate of drug-likeness (QED) is 0.869. The van der Waals surface area contributed by atoms with Crippen molar-refractivity contribution < 1.29 is 9.90 Å². The first-order valence-electron chi connectivity index (χ1n) is 7.54. The molecule has 0 fully saturated rings. The molecule has 114 valence electrons. The molecule has 1 heterocycles. The van der Waals surface area contributed by atoms with Crippen molar-refractivity contribution in [2.24, 2.45) is 0 Å². The standard InChI is InChI=1S/C19H21NO2/c1-18(2)12-19(3,13-8-5-4-6-9-13)15-11-7-10-14(17(21)22)16(15)20-18/h4-11,20H,12H2,1-3H3,(H,21,22). The van der Waals surface area contributed by atoms with Crippen molar-refractivity contribution in [3.63, 3.8) is 0 Å². The normalized spacial score (nSPS) is 22.5. The van der Waals surface area contributed by atoms with Crippen molar-refractivity contribution in [1.82, 2.24) is 0 Å². The summed E-state index contributed by atoms with van der Waals surface area (Å²) < 4.78 is 0. The number of hydrogen-bond acceptors (Lipinski definition) is 2. The second-order valence-electron chi connectivity index (χ2n) is 6.92. The number of carbonyl (C=O) groups is 1. The number of nitrogens with one attached hydrogen (secondary N) is 1. The lowest BCUT2D eigenvalue weighted by Crippen LogP contribution is -2.45. The Morgan fingerprint density at radius 3 is 2.36 bits per heavy atom. The summed E-state index contributed by atoms with van der Waals surface area (Å²) in [5, 5.41) is 12.9. The topological polar surface area (TPSA) is 49.3 Å². The monoisotopic (exact) mass is 295 g/mol. The van der Waals surface area contributed by atoms with E-state index in [1.807, 2.05) is 30.3 Å². The SMILES string of the molecule is CC1(C)CC(C)(c2ccccc2)c2cccc(C(=O)O)c2N1. The van der Waals surface area contributed by atoms with Gasteiger partial charge in [-0.3, -0.25) is 0 Å². The first kappa shape index (κ1) is 14.6. The summed E-state index contributed by atoms with van der Waals surface area (Å²) in [5.74, 6) is -0.891. The highest BCUT2D eigenvalue weighted by molar-refractivity contribution is 5.96. The Labute approximate surface area is 131 Å². The second-order valence-corrected chi connectivity index (χ2v) is 6.92. The second kappa shape index (κ2) is 4.87. The molecule has 3 heteroatoms. The third-order valence-corrected chi connectivity index (χ3v) is 4.56. The van der Waals surface area contributed by atoms with E-state index in [0.29, 0.717) is 5.56 Å². The number of carboxylic acids is 1. The van der Waals surface area contributed by atoms with Crippen LogP contribution in [0.3, 0.4) is 0 Å². The molecule has 1 aliphatic heterocycles. The van der Waals surface area contributed by atoms with Gasteiger partial charge < -0.3 is 10.4 Å². The highest BCUT2D eigenvalue weighted by atomic mass is 16.4. The van der Waals surface area contributed by atoms with Gasteiger partial charge in [0, 0.05) is 11.0 Å². The molecule has 0 radical (unpaired) electrons. The van der Waals surface area contributed by atoms with Crippen LogP contribution < -0.4 is 5.32 Å². The van der Waals surface area contributed by atoms with Gasteiger partial charge in [-0.2, -0.15) is 0 Å². The molecule has 2 aromatic carbocycles. The zero-order valence-corrected chi connectivity index (χ0v) is 13.2. The van der Waals surface area contributed by atoms with E-state index in [-0.39, 0.29) is 11.0 Å². The summed E-state index contributed by atoms with van der Waals surface area (Å²) >= 11 is 0. The molecular formula is C19H21NO2. The Bertz CT molecular complexity index is 721. The molecule has 3 rings (SSSR count). The minimum Gasteiger partial charge on any atom is -0.478 e. The van der Waals surface area contributed by atoms with Gasteiger partial charge in [-0.1, -0.05) is 49.4 Å². The fourth-order valence-corrected chi connectivity index (χ4v) is 3.75. The lowest BCUT2D eigenvalue weighted by molar-refractivity contribution is 0.0697. The van der Waals surface area contributed by atoms with E-state index in [0.717, 1.165) is 17.7 Å². The van der Waals surface area contributed by atoms with E-state index in [1.54, 1.807) is 6.07 Å². The highest BCUT2D eigenvalue weighted by Gasteiger charge is 2.42. The third-order valence-electron chi connectivity index (χ3n) is 4.56. The number of anilines is 1. The molecule has 0 bridgehead atoms. The van der Waals surface area contributed by atoms with E-state index in [9.17, 15) is 9.90 Å². The Balaban J connectivity index is 2.28. The maximum atomic E-state index is 11.6. The van der Waals surface area contributed by atoms with Gasteiger partial charge in [-0.15, -0.1) is 0 Å². The summed E-state index contributed by atoms with van der Waals surface area (Å²) in [6, 6.07) is 15.9. The van der Waals surface area contributed by atoms with Crippen molar-refractivity contribution in [3.8, 4) is 0 Å². The van der Waals surface area contributed by atoms with Crippen molar-refractivity contribution in [3.05, 3.63) is 65.2 Å². The maximum absolute atomic E-state index is 11.6. The van der Waals surface area contributed by atoms with Crippen molar-refractivity contribution in [1.29, 1.82) is 0 Å². The molecule has 0 aromatic heterocycles. The fourth-order valence-electron chi connectivity index (χ4n) is 3.75. The van der Waals surface area contributed by atoms with Crippen LogP contribution in [0.2, 0.25) is 0 Å². The van der Waals surface area contributed by atoms with Crippen LogP contribution in [0.15, 0.2) is 48.5 Å². The molecule has 0 saturated heterocycles. The Morgan fingerprint density at radius 1 is 1.05 bits per heavy atom. The zero-order chi connectivity index (χ0) is 16.0. The van der Waals surface area contributed by atoms with Gasteiger partial charge in [0.15, 0.2) is 0 Å². The average molecular weight is 295 g/mol. The van der Waals surface area contributed by atoms with E-state index < -0.39 is 5.97 Å². The number of aromatic carboxylic acids is 1. The summed E-state index contributed by atoms with van der Waals surface area (Å²) in [6.45, 7) is 6.45. The minimum atomic E-state index is -0.891. The summed E-state index contributed by atoms with van der Waals surface area (Å²) in [4.78, 5) is 11.6. The van der Waals surface area contributed by atoms with Crippen LogP contribution in [0.4, 0.5) is 5.69 Å². The van der Waals surface area contributed by atoms with Gasteiger partial charge in [0.1, 0.15) is 0 Å². The lowest BCUT2D eigenvalue weighted by atomic mass is 9.65. The van der Waals surface area contributed by atoms with E-state index in [1.165, 1.54) is 5.56 Å². The molecule has 0 saturated carbocycles. The summed E-state index contributed by atoms with van der Waals surface area (Å²) in [5.41, 5.74) is 2.97. The number of fused-ring (bicyclic) bond motifs is 1. The molecule has 0 aliphatic carbocycles. The predicted octanol–water partition coefficient (Wildman–Crippen LogP) is 4.29. The fraction of sp³-hybridized carbons (Fsp3) is 0.316. The molecule has 22 heavy (non-hydrogen) atoms. The average Bonchev–Trinajstić information content (AvgIpc) is 2.46. The first-order valence-corrected chi connectivity index (χ1v) is 7.54. The van der Waals surface area contributed by atoms with Gasteiger partial charge in [-0.25, -0.2) is 4.79 Å². The van der Waals surface area contributed by atoms with Gasteiger partial charge in [0.05, 0.1) is 11.3 Å². The lowest BCUT2D eigenvalue weighted by Gasteiger charge is -2.46. The smallest absolute Gasteiger partial charge is 0.337 e. The number of carboxylic acid groups (broad SMARTS) is 1. The predicted molar refractivity (Wildman–Crippen MR) is 88.6 cm³/mol. The Hall–Kier alpha value is -2.29. The van der Waals surface area contributed by atoms with Crippen LogP contribution in [-0.2, 0) is 5.41 Å². The molecule has 1 aliphatic rings. The van der Waals surface area contributed by atoms with Crippen molar-refractivity contribution >= 4 is 11.7 Å². The third kappa shape index (κ3) is 2.27. The van der Waals surface area contributed by atoms with E-state index in [2.05, 4.69) is 38.2 Å². The number of hydrogen-bond donors (Lipinski definition) is 2. The van der Waals surface area contributed by atoms with Crippen LogP contribution in [0.25, 0.3) is 0 Å². The maximum Gasteiger partial charge on any atom is 0.337 e.